The SMILES string of the molecule is COc1c(CC(NC(=O)C(NC(=O)N2CCN(CCCNC(=O)OC(C)(C)C)C(=O)C2=O)c2ncc(OCc3ccccc3)cc2F)B2O[C@@H]3C[C@@H]4C[C@@H](C4(C)C)[C@]3(C)O2)cccc1C(=O)OC(C)(C)C. The van der Waals surface area contributed by atoms with Gasteiger partial charge in [0.25, 0.3) is 0 Å². The van der Waals surface area contributed by atoms with E-state index in [1.54, 1.807) is 59.7 Å². The van der Waals surface area contributed by atoms with Crippen LogP contribution in [0, 0.1) is 23.1 Å². The number of rotatable bonds is 16. The lowest BCUT2D eigenvalue weighted by atomic mass is 9.43. The fourth-order valence-electron chi connectivity index (χ4n) is 10.0. The summed E-state index contributed by atoms with van der Waals surface area (Å²) in [6.07, 6.45) is 2.19. The molecule has 3 saturated carbocycles. The number of alkyl carbamates (subject to hydrolysis) is 1. The zero-order valence-corrected chi connectivity index (χ0v) is 42.2. The molecule has 5 fully saturated rings. The Morgan fingerprint density at radius 3 is 2.31 bits per heavy atom. The number of nitrogens with zero attached hydrogens (tertiary/aromatic N) is 3. The standard InChI is InChI=1S/C51H66BFN6O12/c1-48(2,3)68-45(63)34-19-14-18-31(41(34)66-10)24-38(52-70-37-26-32-25-36(50(32,7)8)51(37,9)71-52)56-42(60)40(39-35(53)27-33(28-55-39)67-29-30-16-12-11-13-17-30)57-46(64)59-23-22-58(43(61)44(59)62)21-15-20-54-47(65)69-49(4,5)6/h11-14,16-19,27-28,32,36-38,40H,15,20-26,29H2,1-10H3,(H,54,65)(H,56,60)(H,57,64)/t32-,36-,37+,38?,40?,51-/m0/s1. The Kier molecular flexibility index (Phi) is 15.4. The number of benzene rings is 2. The number of carbonyl (C=O) groups excluding carboxylic acids is 6. The first kappa shape index (κ1) is 52.5. The van der Waals surface area contributed by atoms with Gasteiger partial charge in [0.15, 0.2) is 11.9 Å². The van der Waals surface area contributed by atoms with Gasteiger partial charge in [-0.3, -0.25) is 24.3 Å². The van der Waals surface area contributed by atoms with Crippen molar-refractivity contribution < 1.29 is 61.4 Å². The summed E-state index contributed by atoms with van der Waals surface area (Å²) >= 11 is 0. The van der Waals surface area contributed by atoms with Crippen molar-refractivity contribution in [1.82, 2.24) is 30.7 Å². The largest absolute Gasteiger partial charge is 0.496 e. The molecule has 6 amide bonds. The minimum Gasteiger partial charge on any atom is -0.496 e. The first-order chi connectivity index (χ1) is 33.4. The summed E-state index contributed by atoms with van der Waals surface area (Å²) in [6.45, 7) is 16.9. The molecule has 2 unspecified atom stereocenters. The average molecular weight is 985 g/mol. The molecule has 382 valence electrons. The molecule has 71 heavy (non-hydrogen) atoms. The van der Waals surface area contributed by atoms with Crippen LogP contribution in [0.1, 0.15) is 115 Å². The Bertz CT molecular complexity index is 2500. The summed E-state index contributed by atoms with van der Waals surface area (Å²) in [6, 6.07) is 12.1. The first-order valence-corrected chi connectivity index (χ1v) is 24.1. The monoisotopic (exact) mass is 984 g/mol. The van der Waals surface area contributed by atoms with Gasteiger partial charge < -0.3 is 49.1 Å². The number of methoxy groups -OCH3 is 1. The maximum absolute atomic E-state index is 16.5. The lowest BCUT2D eigenvalue weighted by Crippen LogP contribution is -2.65. The molecule has 0 radical (unpaired) electrons. The van der Waals surface area contributed by atoms with E-state index in [0.29, 0.717) is 16.4 Å². The molecule has 6 atom stereocenters. The topological polar surface area (TPSA) is 213 Å². The van der Waals surface area contributed by atoms with Crippen molar-refractivity contribution in [3.8, 4) is 11.5 Å². The van der Waals surface area contributed by atoms with Gasteiger partial charge in [-0.15, -0.1) is 0 Å². The second-order valence-corrected chi connectivity index (χ2v) is 21.4. The Balaban J connectivity index is 1.16. The van der Waals surface area contributed by atoms with Gasteiger partial charge >= 0.3 is 37.0 Å². The molecule has 0 spiro atoms. The number of piperazine rings is 1. The number of imide groups is 1. The van der Waals surface area contributed by atoms with Gasteiger partial charge in [0, 0.05) is 32.2 Å². The summed E-state index contributed by atoms with van der Waals surface area (Å²) in [7, 11) is 0.338. The van der Waals surface area contributed by atoms with Crippen molar-refractivity contribution in [3.63, 3.8) is 0 Å². The molecule has 1 aromatic heterocycles. The smallest absolute Gasteiger partial charge is 0.482 e. The summed E-state index contributed by atoms with van der Waals surface area (Å²) in [5.41, 5.74) is -1.36. The quantitative estimate of drug-likeness (QED) is 0.0642. The number of esters is 1. The van der Waals surface area contributed by atoms with Gasteiger partial charge in [0.2, 0.25) is 5.91 Å². The number of hydrogen-bond donors (Lipinski definition) is 3. The van der Waals surface area contributed by atoms with Crippen molar-refractivity contribution in [1.29, 1.82) is 0 Å². The highest BCUT2D eigenvalue weighted by molar-refractivity contribution is 6.48. The van der Waals surface area contributed by atoms with Gasteiger partial charge in [-0.1, -0.05) is 56.3 Å². The van der Waals surface area contributed by atoms with Crippen LogP contribution in [0.2, 0.25) is 0 Å². The van der Waals surface area contributed by atoms with Crippen molar-refractivity contribution in [3.05, 3.63) is 89.0 Å². The lowest BCUT2D eigenvalue weighted by molar-refractivity contribution is -0.199. The fourth-order valence-corrected chi connectivity index (χ4v) is 10.0. The Labute approximate surface area is 414 Å². The maximum atomic E-state index is 16.5. The van der Waals surface area contributed by atoms with Crippen molar-refractivity contribution in [2.45, 2.75) is 129 Å². The van der Waals surface area contributed by atoms with Crippen LogP contribution in [-0.2, 0) is 46.2 Å². The molecule has 3 aromatic rings. The van der Waals surface area contributed by atoms with Crippen LogP contribution in [-0.4, -0.2) is 120 Å². The van der Waals surface area contributed by atoms with E-state index in [4.69, 9.17) is 28.3 Å². The highest BCUT2D eigenvalue weighted by Gasteiger charge is 2.68. The minimum absolute atomic E-state index is 0.0218. The second kappa shape index (κ2) is 20.8. The molecule has 5 aliphatic rings. The molecular formula is C51H66BFN6O12. The van der Waals surface area contributed by atoms with Crippen LogP contribution < -0.4 is 25.4 Å². The number of para-hydroxylation sites is 1. The Morgan fingerprint density at radius 2 is 1.65 bits per heavy atom. The minimum atomic E-state index is -1.89. The molecule has 2 bridgehead atoms. The van der Waals surface area contributed by atoms with Crippen LogP contribution >= 0.6 is 0 Å². The number of halogens is 1. The lowest BCUT2D eigenvalue weighted by Gasteiger charge is -2.64. The van der Waals surface area contributed by atoms with Gasteiger partial charge in [-0.25, -0.2) is 18.8 Å². The Morgan fingerprint density at radius 1 is 0.930 bits per heavy atom. The van der Waals surface area contributed by atoms with E-state index in [1.807, 2.05) is 37.3 Å². The molecule has 8 rings (SSSR count). The van der Waals surface area contributed by atoms with E-state index in [0.717, 1.165) is 24.5 Å². The third-order valence-electron chi connectivity index (χ3n) is 13.7. The molecule has 18 nitrogen and oxygen atoms in total. The molecule has 3 aliphatic carbocycles. The van der Waals surface area contributed by atoms with E-state index < -0.39 is 83.2 Å². The van der Waals surface area contributed by atoms with Crippen molar-refractivity contribution in [2.24, 2.45) is 17.3 Å². The van der Waals surface area contributed by atoms with Crippen LogP contribution in [0.25, 0.3) is 0 Å². The van der Waals surface area contributed by atoms with Gasteiger partial charge in [-0.05, 0) is 109 Å². The number of urea groups is 1. The van der Waals surface area contributed by atoms with E-state index in [2.05, 4.69) is 34.8 Å². The van der Waals surface area contributed by atoms with E-state index in [-0.39, 0.29) is 80.1 Å². The number of hydrogen-bond acceptors (Lipinski definition) is 13. The molecule has 3 N–H and O–H groups in total. The third kappa shape index (κ3) is 11.9. The van der Waals surface area contributed by atoms with E-state index in [9.17, 15) is 28.8 Å². The number of nitrogens with one attached hydrogen (secondary N) is 3. The van der Waals surface area contributed by atoms with Crippen LogP contribution in [0.3, 0.4) is 0 Å². The highest BCUT2D eigenvalue weighted by Crippen LogP contribution is 2.65. The number of amides is 6. The highest BCUT2D eigenvalue weighted by atomic mass is 19.1. The number of ether oxygens (including phenoxy) is 4. The summed E-state index contributed by atoms with van der Waals surface area (Å²) in [5.74, 6) is -5.04. The summed E-state index contributed by atoms with van der Waals surface area (Å²) < 4.78 is 52.6. The average Bonchev–Trinajstić information content (AvgIpc) is 3.66. The van der Waals surface area contributed by atoms with Crippen LogP contribution in [0.5, 0.6) is 11.5 Å². The van der Waals surface area contributed by atoms with E-state index in [1.165, 1.54) is 18.2 Å². The van der Waals surface area contributed by atoms with Crippen molar-refractivity contribution in [2.75, 3.05) is 33.3 Å². The number of carbonyl (C=O) groups is 6. The Hall–Kier alpha value is -6.28. The normalized spacial score (nSPS) is 22.4. The predicted octanol–water partition coefficient (Wildman–Crippen LogP) is 6.09. The molecule has 2 saturated heterocycles. The zero-order chi connectivity index (χ0) is 51.6. The summed E-state index contributed by atoms with van der Waals surface area (Å²) in [5, 5.41) is 8.06. The van der Waals surface area contributed by atoms with Gasteiger partial charge in [-0.2, -0.15) is 0 Å². The number of aromatic nitrogens is 1. The van der Waals surface area contributed by atoms with Crippen LogP contribution in [0.4, 0.5) is 14.0 Å². The molecule has 2 aliphatic heterocycles. The second-order valence-electron chi connectivity index (χ2n) is 21.4. The fraction of sp³-hybridized carbons (Fsp3) is 0.549. The van der Waals surface area contributed by atoms with Gasteiger partial charge in [0.1, 0.15) is 40.6 Å². The summed E-state index contributed by atoms with van der Waals surface area (Å²) in [4.78, 5) is 87.8. The molecule has 2 aromatic carbocycles. The maximum Gasteiger partial charge on any atom is 0.482 e. The van der Waals surface area contributed by atoms with Crippen LogP contribution in [0.15, 0.2) is 60.8 Å². The van der Waals surface area contributed by atoms with E-state index >= 15 is 4.39 Å². The first-order valence-electron chi connectivity index (χ1n) is 24.1. The number of pyridine rings is 1. The van der Waals surface area contributed by atoms with Crippen molar-refractivity contribution >= 4 is 42.9 Å². The predicted molar refractivity (Wildman–Crippen MR) is 257 cm³/mol. The zero-order valence-electron chi connectivity index (χ0n) is 42.2. The molecule has 20 heteroatoms. The molecule has 3 heterocycles. The molecular weight excluding hydrogens is 918 g/mol. The third-order valence-corrected chi connectivity index (χ3v) is 13.7. The van der Waals surface area contributed by atoms with Gasteiger partial charge in [0.05, 0.1) is 31.0 Å².